The van der Waals surface area contributed by atoms with Crippen LogP contribution >= 0.6 is 0 Å². The summed E-state index contributed by atoms with van der Waals surface area (Å²) in [6, 6.07) is -0.0787. The Balaban J connectivity index is 2.36. The first-order valence-electron chi connectivity index (χ1n) is 3.70. The van der Waals surface area contributed by atoms with Gasteiger partial charge in [0.2, 0.25) is 0 Å². The van der Waals surface area contributed by atoms with Gasteiger partial charge in [0.05, 0.1) is 6.04 Å². The van der Waals surface area contributed by atoms with Gasteiger partial charge in [-0.1, -0.05) is 24.3 Å². The summed E-state index contributed by atoms with van der Waals surface area (Å²) >= 11 is 0. The molecule has 1 unspecified atom stereocenters. The lowest BCUT2D eigenvalue weighted by Gasteiger charge is -2.21. The third-order valence-corrected chi connectivity index (χ3v) is 1.92. The second-order valence-corrected chi connectivity index (χ2v) is 2.67. The second kappa shape index (κ2) is 2.47. The highest BCUT2D eigenvalue weighted by Crippen LogP contribution is 2.14. The predicted molar refractivity (Wildman–Crippen MR) is 43.2 cm³/mol. The fourth-order valence-electron chi connectivity index (χ4n) is 1.36. The zero-order chi connectivity index (χ0) is 7.68. The zero-order valence-corrected chi connectivity index (χ0v) is 6.08. The molecule has 2 heteroatoms. The third-order valence-electron chi connectivity index (χ3n) is 1.92. The smallest absolute Gasteiger partial charge is 0.177 e. The summed E-state index contributed by atoms with van der Waals surface area (Å²) in [5.74, 6) is 0.159. The Hall–Kier alpha value is -1.15. The number of hydrogen-bond acceptors (Lipinski definition) is 2. The van der Waals surface area contributed by atoms with Crippen LogP contribution in [-0.4, -0.2) is 18.4 Å². The lowest BCUT2D eigenvalue weighted by atomic mass is 9.95. The highest BCUT2D eigenvalue weighted by Gasteiger charge is 2.21. The molecule has 0 amide bonds. The van der Waals surface area contributed by atoms with Crippen molar-refractivity contribution in [2.24, 2.45) is 0 Å². The van der Waals surface area contributed by atoms with Crippen LogP contribution in [0, 0.1) is 0 Å². The fourth-order valence-corrected chi connectivity index (χ4v) is 1.36. The van der Waals surface area contributed by atoms with Gasteiger partial charge < -0.3 is 0 Å². The van der Waals surface area contributed by atoms with Crippen LogP contribution in [-0.2, 0) is 4.79 Å². The maximum Gasteiger partial charge on any atom is 0.177 e. The van der Waals surface area contributed by atoms with Crippen LogP contribution in [0.25, 0.3) is 0 Å². The first-order valence-corrected chi connectivity index (χ1v) is 3.70. The minimum Gasteiger partial charge on any atom is -0.300 e. The van der Waals surface area contributed by atoms with E-state index in [1.807, 2.05) is 18.2 Å². The summed E-state index contributed by atoms with van der Waals surface area (Å²) in [6.45, 7) is 0.793. The zero-order valence-electron chi connectivity index (χ0n) is 6.08. The molecule has 0 aromatic heterocycles. The van der Waals surface area contributed by atoms with E-state index < -0.39 is 0 Å². The maximum atomic E-state index is 11.2. The molecule has 0 bridgehead atoms. The standard InChI is InChI=1S/C9H9NO/c11-8-5-1-3-7-4-2-6-10-9(7)8/h1-5,9-10H,6H2. The molecule has 1 atom stereocenters. The molecule has 1 N–H and O–H groups in total. The molecule has 0 saturated heterocycles. The van der Waals surface area contributed by atoms with Crippen molar-refractivity contribution in [3.63, 3.8) is 0 Å². The number of rotatable bonds is 0. The highest BCUT2D eigenvalue weighted by atomic mass is 16.1. The molecule has 1 aliphatic carbocycles. The van der Waals surface area contributed by atoms with Gasteiger partial charge in [-0.05, 0) is 11.6 Å². The van der Waals surface area contributed by atoms with E-state index in [0.717, 1.165) is 12.1 Å². The van der Waals surface area contributed by atoms with Crippen molar-refractivity contribution in [1.82, 2.24) is 5.32 Å². The van der Waals surface area contributed by atoms with Gasteiger partial charge >= 0.3 is 0 Å². The molecule has 56 valence electrons. The summed E-state index contributed by atoms with van der Waals surface area (Å²) in [4.78, 5) is 11.2. The molecular formula is C9H9NO. The van der Waals surface area contributed by atoms with Gasteiger partial charge in [0.15, 0.2) is 5.78 Å². The molecule has 2 aliphatic rings. The van der Waals surface area contributed by atoms with Crippen molar-refractivity contribution >= 4 is 5.78 Å². The Labute approximate surface area is 65.3 Å². The monoisotopic (exact) mass is 147 g/mol. The normalized spacial score (nSPS) is 28.2. The van der Waals surface area contributed by atoms with Gasteiger partial charge in [0, 0.05) is 6.54 Å². The molecule has 0 saturated carbocycles. The van der Waals surface area contributed by atoms with Gasteiger partial charge in [-0.25, -0.2) is 0 Å². The van der Waals surface area contributed by atoms with E-state index in [0.29, 0.717) is 0 Å². The molecule has 2 rings (SSSR count). The van der Waals surface area contributed by atoms with Crippen molar-refractivity contribution in [3.8, 4) is 0 Å². The SMILES string of the molecule is O=C1C=CC=C2C=CCNC12. The van der Waals surface area contributed by atoms with E-state index in [1.165, 1.54) is 0 Å². The lowest BCUT2D eigenvalue weighted by Crippen LogP contribution is -2.40. The van der Waals surface area contributed by atoms with E-state index in [1.54, 1.807) is 12.2 Å². The molecule has 1 heterocycles. The average Bonchev–Trinajstić information content (AvgIpc) is 2.06. The van der Waals surface area contributed by atoms with Gasteiger partial charge in [-0.15, -0.1) is 0 Å². The van der Waals surface area contributed by atoms with Gasteiger partial charge in [0.1, 0.15) is 0 Å². The Morgan fingerprint density at radius 1 is 1.45 bits per heavy atom. The summed E-state index contributed by atoms with van der Waals surface area (Å²) in [6.07, 6.45) is 9.40. The summed E-state index contributed by atoms with van der Waals surface area (Å²) in [7, 11) is 0. The first kappa shape index (κ1) is 6.55. The van der Waals surface area contributed by atoms with Crippen LogP contribution in [0.15, 0.2) is 36.0 Å². The Morgan fingerprint density at radius 2 is 2.36 bits per heavy atom. The molecule has 0 aromatic rings. The Kier molecular flexibility index (Phi) is 1.47. The molecule has 0 spiro atoms. The van der Waals surface area contributed by atoms with Crippen LogP contribution in [0.4, 0.5) is 0 Å². The predicted octanol–water partition coefficient (Wildman–Crippen LogP) is 0.580. The van der Waals surface area contributed by atoms with Crippen molar-refractivity contribution in [3.05, 3.63) is 36.0 Å². The van der Waals surface area contributed by atoms with Crippen LogP contribution in [0.2, 0.25) is 0 Å². The second-order valence-electron chi connectivity index (χ2n) is 2.67. The number of hydrogen-bond donors (Lipinski definition) is 1. The van der Waals surface area contributed by atoms with Gasteiger partial charge in [0.25, 0.3) is 0 Å². The van der Waals surface area contributed by atoms with Gasteiger partial charge in [-0.3, -0.25) is 10.1 Å². The summed E-state index contributed by atoms with van der Waals surface area (Å²) in [5, 5.41) is 3.11. The minimum absolute atomic E-state index is 0.0787. The number of fused-ring (bicyclic) bond motifs is 1. The number of ketones is 1. The van der Waals surface area contributed by atoms with E-state index >= 15 is 0 Å². The van der Waals surface area contributed by atoms with E-state index in [4.69, 9.17) is 0 Å². The quantitative estimate of drug-likeness (QED) is 0.543. The van der Waals surface area contributed by atoms with Crippen LogP contribution < -0.4 is 5.32 Å². The maximum absolute atomic E-state index is 11.2. The number of carbonyl (C=O) groups is 1. The molecular weight excluding hydrogens is 138 g/mol. The molecule has 0 aromatic carbocycles. The lowest BCUT2D eigenvalue weighted by molar-refractivity contribution is -0.115. The van der Waals surface area contributed by atoms with Crippen LogP contribution in [0.3, 0.4) is 0 Å². The first-order chi connectivity index (χ1) is 5.38. The summed E-state index contributed by atoms with van der Waals surface area (Å²) in [5.41, 5.74) is 1.07. The fraction of sp³-hybridized carbons (Fsp3) is 0.222. The van der Waals surface area contributed by atoms with Gasteiger partial charge in [-0.2, -0.15) is 0 Å². The van der Waals surface area contributed by atoms with Crippen LogP contribution in [0.5, 0.6) is 0 Å². The third kappa shape index (κ3) is 1.05. The topological polar surface area (TPSA) is 29.1 Å². The molecule has 11 heavy (non-hydrogen) atoms. The van der Waals surface area contributed by atoms with Crippen molar-refractivity contribution < 1.29 is 4.79 Å². The summed E-state index contributed by atoms with van der Waals surface area (Å²) < 4.78 is 0. The molecule has 2 nitrogen and oxygen atoms in total. The van der Waals surface area contributed by atoms with Crippen molar-refractivity contribution in [1.29, 1.82) is 0 Å². The highest BCUT2D eigenvalue weighted by molar-refractivity contribution is 5.98. The van der Waals surface area contributed by atoms with E-state index in [2.05, 4.69) is 5.32 Å². The number of allylic oxidation sites excluding steroid dienone is 2. The average molecular weight is 147 g/mol. The van der Waals surface area contributed by atoms with Crippen molar-refractivity contribution in [2.45, 2.75) is 6.04 Å². The number of carbonyl (C=O) groups excluding carboxylic acids is 1. The largest absolute Gasteiger partial charge is 0.300 e. The Morgan fingerprint density at radius 3 is 3.18 bits per heavy atom. The minimum atomic E-state index is -0.0787. The number of nitrogens with one attached hydrogen (secondary N) is 1. The Bertz CT molecular complexity index is 273. The molecule has 0 radical (unpaired) electrons. The van der Waals surface area contributed by atoms with E-state index in [-0.39, 0.29) is 11.8 Å². The van der Waals surface area contributed by atoms with Crippen LogP contribution in [0.1, 0.15) is 0 Å². The molecule has 1 aliphatic heterocycles. The van der Waals surface area contributed by atoms with E-state index in [9.17, 15) is 4.79 Å². The molecule has 0 fully saturated rings. The van der Waals surface area contributed by atoms with Crippen molar-refractivity contribution in [2.75, 3.05) is 6.54 Å².